The van der Waals surface area contributed by atoms with E-state index in [2.05, 4.69) is 47.6 Å². The van der Waals surface area contributed by atoms with Gasteiger partial charge in [-0.3, -0.25) is 9.36 Å². The Balaban J connectivity index is 1.07. The smallest absolute Gasteiger partial charge is 0.280 e. The molecule has 0 amide bonds. The number of fused-ring (bicyclic) bond motifs is 3. The first kappa shape index (κ1) is 18.0. The van der Waals surface area contributed by atoms with Gasteiger partial charge in [-0.15, -0.1) is 0 Å². The van der Waals surface area contributed by atoms with Crippen molar-refractivity contribution in [2.45, 2.75) is 12.5 Å². The first-order valence-electron chi connectivity index (χ1n) is 10.4. The molecule has 5 aromatic rings. The minimum Gasteiger partial charge on any atom is -0.371 e. The van der Waals surface area contributed by atoms with Crippen LogP contribution in [0.3, 0.4) is 0 Å². The molecule has 1 saturated heterocycles. The maximum Gasteiger partial charge on any atom is 0.280 e. The van der Waals surface area contributed by atoms with E-state index in [9.17, 15) is 4.79 Å². The lowest BCUT2D eigenvalue weighted by molar-refractivity contribution is 0.363. The topological polar surface area (TPSA) is 108 Å². The summed E-state index contributed by atoms with van der Waals surface area (Å²) in [7, 11) is 1.78. The number of rotatable bonds is 4. The monoisotopic (exact) mass is 446 g/mol. The van der Waals surface area contributed by atoms with Crippen LogP contribution in [0, 0.1) is 11.8 Å². The van der Waals surface area contributed by atoms with Crippen molar-refractivity contribution in [2.75, 3.05) is 18.0 Å². The molecule has 0 spiro atoms. The van der Waals surface area contributed by atoms with Crippen LogP contribution in [0.4, 0.5) is 5.69 Å². The molecule has 1 aromatic carbocycles. The molecule has 0 radical (unpaired) electrons. The van der Waals surface area contributed by atoms with E-state index in [0.717, 1.165) is 18.9 Å². The van der Waals surface area contributed by atoms with E-state index in [1.165, 1.54) is 38.2 Å². The Morgan fingerprint density at radius 1 is 1.19 bits per heavy atom. The van der Waals surface area contributed by atoms with E-state index in [-0.39, 0.29) is 12.1 Å². The summed E-state index contributed by atoms with van der Waals surface area (Å²) >= 11 is 1.53. The second kappa shape index (κ2) is 6.45. The molecule has 1 saturated carbocycles. The minimum atomic E-state index is -0.175. The van der Waals surface area contributed by atoms with Gasteiger partial charge in [0.15, 0.2) is 17.0 Å². The van der Waals surface area contributed by atoms with Gasteiger partial charge in [0.2, 0.25) is 5.89 Å². The molecule has 1 aliphatic carbocycles. The first-order valence-corrected chi connectivity index (χ1v) is 11.2. The number of aryl methyl sites for hydroxylation is 1. The molecule has 2 unspecified atom stereocenters. The van der Waals surface area contributed by atoms with Crippen LogP contribution < -0.4 is 10.5 Å². The fourth-order valence-corrected chi connectivity index (χ4v) is 5.60. The van der Waals surface area contributed by atoms with Crippen LogP contribution in [0.5, 0.6) is 0 Å². The molecular formula is C21H18N8O2S. The van der Waals surface area contributed by atoms with Crippen LogP contribution in [0.15, 0.2) is 46.4 Å². The molecule has 2 fully saturated rings. The molecular weight excluding hydrogens is 428 g/mol. The van der Waals surface area contributed by atoms with E-state index in [1.54, 1.807) is 17.9 Å². The summed E-state index contributed by atoms with van der Waals surface area (Å²) < 4.78 is 14.1. The average Bonchev–Trinajstić information content (AvgIpc) is 3.38. The number of nitrogens with zero attached hydrogens (tertiary/aromatic N) is 8. The van der Waals surface area contributed by atoms with Crippen LogP contribution in [-0.2, 0) is 13.6 Å². The molecule has 11 heteroatoms. The number of anilines is 1. The lowest BCUT2D eigenvalue weighted by Gasteiger charge is -2.21. The Morgan fingerprint density at radius 2 is 2.03 bits per heavy atom. The number of imidazole rings is 1. The summed E-state index contributed by atoms with van der Waals surface area (Å²) in [5, 5.41) is 5.42. The van der Waals surface area contributed by atoms with Gasteiger partial charge in [0.25, 0.3) is 5.56 Å². The standard InChI is InChI=1S/C21H18N8O2S/c1-27-9-22-20-18(27)21(30)29(10-23-20)8-16-25-19(26-31-16)17-13-6-28(7-14(13)17)12-2-3-15-11(4-12)5-24-32-15/h2-5,9-10,13-14,17H,6-8H2,1H3/t13-,14?,17?/m1/s1. The molecule has 0 N–H and O–H groups in total. The van der Waals surface area contributed by atoms with Crippen LogP contribution in [-0.4, -0.2) is 46.7 Å². The summed E-state index contributed by atoms with van der Waals surface area (Å²) in [5.41, 5.74) is 1.96. The van der Waals surface area contributed by atoms with Gasteiger partial charge in [0, 0.05) is 43.3 Å². The largest absolute Gasteiger partial charge is 0.371 e. The molecule has 7 rings (SSSR count). The van der Waals surface area contributed by atoms with E-state index < -0.39 is 0 Å². The Labute approximate surface area is 185 Å². The lowest BCUT2D eigenvalue weighted by atomic mass is 10.2. The zero-order valence-corrected chi connectivity index (χ0v) is 17.9. The van der Waals surface area contributed by atoms with Crippen molar-refractivity contribution < 1.29 is 4.52 Å². The second-order valence-electron chi connectivity index (χ2n) is 8.56. The van der Waals surface area contributed by atoms with Crippen LogP contribution in [0.2, 0.25) is 0 Å². The summed E-state index contributed by atoms with van der Waals surface area (Å²) in [6.07, 6.45) is 4.99. The number of hydrogen-bond acceptors (Lipinski definition) is 9. The van der Waals surface area contributed by atoms with Gasteiger partial charge in [-0.1, -0.05) is 5.16 Å². The third-order valence-electron chi connectivity index (χ3n) is 6.68. The third kappa shape index (κ3) is 2.63. The van der Waals surface area contributed by atoms with E-state index in [0.29, 0.717) is 34.8 Å². The molecule has 10 nitrogen and oxygen atoms in total. The Bertz CT molecular complexity index is 1540. The van der Waals surface area contributed by atoms with Crippen LogP contribution in [0.1, 0.15) is 17.6 Å². The van der Waals surface area contributed by atoms with E-state index >= 15 is 0 Å². The highest BCUT2D eigenvalue weighted by Gasteiger charge is 2.58. The highest BCUT2D eigenvalue weighted by Crippen LogP contribution is 2.58. The fourth-order valence-electron chi connectivity index (χ4n) is 4.97. The molecule has 0 bridgehead atoms. The maximum atomic E-state index is 12.7. The van der Waals surface area contributed by atoms with Gasteiger partial charge in [-0.2, -0.15) is 9.36 Å². The van der Waals surface area contributed by atoms with Gasteiger partial charge in [-0.25, -0.2) is 9.97 Å². The highest BCUT2D eigenvalue weighted by atomic mass is 32.1. The summed E-state index contributed by atoms with van der Waals surface area (Å²) in [5.74, 6) is 2.56. The first-order chi connectivity index (χ1) is 15.7. The van der Waals surface area contributed by atoms with Gasteiger partial charge in [-0.05, 0) is 41.6 Å². The Hall–Kier alpha value is -3.60. The van der Waals surface area contributed by atoms with Gasteiger partial charge < -0.3 is 14.0 Å². The lowest BCUT2D eigenvalue weighted by Crippen LogP contribution is -2.23. The SMILES string of the molecule is Cn1cnc2ncn(Cc3nc(C4C5CN(c6ccc7sncc7c6)C[C@H]54)no3)c(=O)c21. The predicted octanol–water partition coefficient (Wildman–Crippen LogP) is 2.02. The van der Waals surface area contributed by atoms with Crippen molar-refractivity contribution >= 4 is 38.5 Å². The molecule has 5 heterocycles. The minimum absolute atomic E-state index is 0.175. The van der Waals surface area contributed by atoms with Crippen molar-refractivity contribution in [2.24, 2.45) is 18.9 Å². The second-order valence-corrected chi connectivity index (χ2v) is 9.39. The number of benzene rings is 1. The van der Waals surface area contributed by atoms with Gasteiger partial charge in [0.1, 0.15) is 12.9 Å². The summed E-state index contributed by atoms with van der Waals surface area (Å²) in [4.78, 5) is 28.1. The van der Waals surface area contributed by atoms with Gasteiger partial charge in [0.05, 0.1) is 11.0 Å². The Kier molecular flexibility index (Phi) is 3.63. The zero-order chi connectivity index (χ0) is 21.4. The normalized spacial score (nSPS) is 22.2. The average molecular weight is 446 g/mol. The summed E-state index contributed by atoms with van der Waals surface area (Å²) in [6, 6.07) is 6.54. The number of piperidine rings is 1. The maximum absolute atomic E-state index is 12.7. The fraction of sp³-hybridized carbons (Fsp3) is 0.333. The Morgan fingerprint density at radius 3 is 2.91 bits per heavy atom. The van der Waals surface area contributed by atoms with Crippen molar-refractivity contribution in [1.29, 1.82) is 0 Å². The van der Waals surface area contributed by atoms with Crippen LogP contribution in [0.25, 0.3) is 21.3 Å². The highest BCUT2D eigenvalue weighted by molar-refractivity contribution is 7.13. The molecule has 160 valence electrons. The molecule has 4 aromatic heterocycles. The molecule has 3 atom stereocenters. The van der Waals surface area contributed by atoms with E-state index in [4.69, 9.17) is 4.52 Å². The number of hydrogen-bond donors (Lipinski definition) is 0. The molecule has 32 heavy (non-hydrogen) atoms. The third-order valence-corrected chi connectivity index (χ3v) is 7.46. The van der Waals surface area contributed by atoms with Crippen LogP contribution >= 0.6 is 11.5 Å². The van der Waals surface area contributed by atoms with Crippen molar-refractivity contribution in [1.82, 2.24) is 33.6 Å². The quantitative estimate of drug-likeness (QED) is 0.413. The molecule has 1 aliphatic heterocycles. The van der Waals surface area contributed by atoms with Crippen molar-refractivity contribution in [3.63, 3.8) is 0 Å². The number of aromatic nitrogens is 7. The van der Waals surface area contributed by atoms with Crippen molar-refractivity contribution in [3.05, 3.63) is 59.1 Å². The predicted molar refractivity (Wildman–Crippen MR) is 118 cm³/mol. The molecule has 2 aliphatic rings. The van der Waals surface area contributed by atoms with Crippen molar-refractivity contribution in [3.8, 4) is 0 Å². The van der Waals surface area contributed by atoms with E-state index in [1.807, 2.05) is 6.20 Å². The summed E-state index contributed by atoms with van der Waals surface area (Å²) in [6.45, 7) is 2.18. The zero-order valence-electron chi connectivity index (χ0n) is 17.1. The van der Waals surface area contributed by atoms with Gasteiger partial charge >= 0.3 is 0 Å².